The Labute approximate surface area is 130 Å². The first kappa shape index (κ1) is 14.8. The van der Waals surface area contributed by atoms with Gasteiger partial charge in [-0.15, -0.1) is 0 Å². The molecule has 0 fully saturated rings. The van der Waals surface area contributed by atoms with Gasteiger partial charge in [0.1, 0.15) is 0 Å². The van der Waals surface area contributed by atoms with Crippen molar-refractivity contribution in [3.63, 3.8) is 0 Å². The monoisotopic (exact) mass is 298 g/mol. The zero-order valence-corrected chi connectivity index (χ0v) is 13.4. The van der Waals surface area contributed by atoms with Gasteiger partial charge in [-0.1, -0.05) is 43.7 Å². The predicted octanol–water partition coefficient (Wildman–Crippen LogP) is 3.45. The van der Waals surface area contributed by atoms with E-state index in [2.05, 4.69) is 50.1 Å². The Kier molecular flexibility index (Phi) is 3.55. The summed E-state index contributed by atoms with van der Waals surface area (Å²) in [6.45, 7) is 7.08. The van der Waals surface area contributed by atoms with Crippen molar-refractivity contribution >= 4 is 5.97 Å². The summed E-state index contributed by atoms with van der Waals surface area (Å²) in [5, 5.41) is 13.8. The highest BCUT2D eigenvalue weighted by Crippen LogP contribution is 2.36. The highest BCUT2D eigenvalue weighted by atomic mass is 16.4. The quantitative estimate of drug-likeness (QED) is 0.944. The van der Waals surface area contributed by atoms with Gasteiger partial charge in [0.05, 0.1) is 6.54 Å². The maximum absolute atomic E-state index is 11.5. The van der Waals surface area contributed by atoms with Gasteiger partial charge >= 0.3 is 5.97 Å². The number of aromatic nitrogens is 2. The van der Waals surface area contributed by atoms with E-state index >= 15 is 0 Å². The fraction of sp³-hybridized carbons (Fsp3) is 0.444. The van der Waals surface area contributed by atoms with Crippen LogP contribution in [-0.2, 0) is 19.4 Å². The molecule has 0 spiro atoms. The van der Waals surface area contributed by atoms with Crippen LogP contribution < -0.4 is 0 Å². The average molecular weight is 298 g/mol. The number of fused-ring (bicyclic) bond motifs is 1. The SMILES string of the molecule is Cc1ccc(Cn2nc(C(=O)O)c3c2CCC(C)(C)C3)cc1. The molecule has 0 radical (unpaired) electrons. The lowest BCUT2D eigenvalue weighted by Gasteiger charge is -2.29. The lowest BCUT2D eigenvalue weighted by atomic mass is 9.76. The molecule has 4 heteroatoms. The van der Waals surface area contributed by atoms with Crippen LogP contribution in [-0.4, -0.2) is 20.9 Å². The number of rotatable bonds is 3. The summed E-state index contributed by atoms with van der Waals surface area (Å²) in [6.07, 6.45) is 2.75. The predicted molar refractivity (Wildman–Crippen MR) is 85.3 cm³/mol. The summed E-state index contributed by atoms with van der Waals surface area (Å²) in [6, 6.07) is 8.31. The van der Waals surface area contributed by atoms with E-state index in [9.17, 15) is 9.90 Å². The van der Waals surface area contributed by atoms with Crippen LogP contribution in [0.25, 0.3) is 0 Å². The fourth-order valence-corrected chi connectivity index (χ4v) is 3.19. The van der Waals surface area contributed by atoms with Gasteiger partial charge in [0.25, 0.3) is 0 Å². The van der Waals surface area contributed by atoms with E-state index in [1.54, 1.807) is 0 Å². The Hall–Kier alpha value is -2.10. The Morgan fingerprint density at radius 2 is 2.00 bits per heavy atom. The molecule has 1 aromatic carbocycles. The molecule has 1 heterocycles. The highest BCUT2D eigenvalue weighted by Gasteiger charge is 2.32. The molecule has 0 aliphatic heterocycles. The molecule has 0 saturated carbocycles. The third-order valence-electron chi connectivity index (χ3n) is 4.52. The molecule has 4 nitrogen and oxygen atoms in total. The van der Waals surface area contributed by atoms with Crippen LogP contribution in [0.2, 0.25) is 0 Å². The van der Waals surface area contributed by atoms with Crippen molar-refractivity contribution in [1.29, 1.82) is 0 Å². The average Bonchev–Trinajstić information content (AvgIpc) is 2.78. The second-order valence-corrected chi connectivity index (χ2v) is 7.06. The van der Waals surface area contributed by atoms with E-state index < -0.39 is 5.97 Å². The molecule has 1 aliphatic carbocycles. The van der Waals surface area contributed by atoms with Crippen molar-refractivity contribution < 1.29 is 9.90 Å². The summed E-state index contributed by atoms with van der Waals surface area (Å²) < 4.78 is 1.89. The number of carboxylic acid groups (broad SMARTS) is 1. The van der Waals surface area contributed by atoms with E-state index in [0.29, 0.717) is 6.54 Å². The molecule has 0 saturated heterocycles. The summed E-state index contributed by atoms with van der Waals surface area (Å²) in [5.41, 5.74) is 4.77. The van der Waals surface area contributed by atoms with Crippen molar-refractivity contribution in [2.75, 3.05) is 0 Å². The van der Waals surface area contributed by atoms with Crippen molar-refractivity contribution in [2.45, 2.75) is 46.6 Å². The lowest BCUT2D eigenvalue weighted by molar-refractivity contribution is 0.0687. The molecule has 22 heavy (non-hydrogen) atoms. The Morgan fingerprint density at radius 3 is 2.64 bits per heavy atom. The number of nitrogens with zero attached hydrogens (tertiary/aromatic N) is 2. The number of benzene rings is 1. The maximum Gasteiger partial charge on any atom is 0.356 e. The van der Waals surface area contributed by atoms with E-state index in [1.807, 2.05) is 4.68 Å². The minimum Gasteiger partial charge on any atom is -0.476 e. The summed E-state index contributed by atoms with van der Waals surface area (Å²) in [5.74, 6) is -0.920. The molecule has 3 rings (SSSR count). The van der Waals surface area contributed by atoms with E-state index in [-0.39, 0.29) is 11.1 Å². The molecular weight excluding hydrogens is 276 g/mol. The molecular formula is C18H22N2O2. The fourth-order valence-electron chi connectivity index (χ4n) is 3.19. The number of carboxylic acids is 1. The largest absolute Gasteiger partial charge is 0.476 e. The minimum absolute atomic E-state index is 0.148. The van der Waals surface area contributed by atoms with Gasteiger partial charge in [0.2, 0.25) is 0 Å². The van der Waals surface area contributed by atoms with Crippen LogP contribution in [0.5, 0.6) is 0 Å². The van der Waals surface area contributed by atoms with Crippen LogP contribution in [0, 0.1) is 12.3 Å². The van der Waals surface area contributed by atoms with E-state index in [0.717, 1.165) is 36.1 Å². The first-order valence-corrected chi connectivity index (χ1v) is 7.73. The van der Waals surface area contributed by atoms with Gasteiger partial charge in [-0.3, -0.25) is 4.68 Å². The van der Waals surface area contributed by atoms with Crippen molar-refractivity contribution in [3.05, 3.63) is 52.3 Å². The number of hydrogen-bond donors (Lipinski definition) is 1. The highest BCUT2D eigenvalue weighted by molar-refractivity contribution is 5.87. The van der Waals surface area contributed by atoms with Crippen LogP contribution in [0.3, 0.4) is 0 Å². The van der Waals surface area contributed by atoms with Crippen LogP contribution >= 0.6 is 0 Å². The third kappa shape index (κ3) is 2.78. The topological polar surface area (TPSA) is 55.1 Å². The Balaban J connectivity index is 1.99. The normalized spacial score (nSPS) is 16.3. The summed E-state index contributed by atoms with van der Waals surface area (Å²) in [4.78, 5) is 11.5. The molecule has 2 aromatic rings. The molecule has 1 aromatic heterocycles. The second-order valence-electron chi connectivity index (χ2n) is 7.06. The lowest BCUT2D eigenvalue weighted by Crippen LogP contribution is -2.24. The van der Waals surface area contributed by atoms with Gasteiger partial charge in [-0.05, 0) is 37.2 Å². The van der Waals surface area contributed by atoms with Gasteiger partial charge in [-0.2, -0.15) is 5.10 Å². The molecule has 0 bridgehead atoms. The first-order chi connectivity index (χ1) is 10.4. The zero-order valence-electron chi connectivity index (χ0n) is 13.4. The van der Waals surface area contributed by atoms with Gasteiger partial charge < -0.3 is 5.11 Å². The number of aryl methyl sites for hydroxylation is 1. The summed E-state index contributed by atoms with van der Waals surface area (Å²) in [7, 11) is 0. The third-order valence-corrected chi connectivity index (χ3v) is 4.52. The first-order valence-electron chi connectivity index (χ1n) is 7.73. The number of aromatic carboxylic acids is 1. The van der Waals surface area contributed by atoms with Crippen molar-refractivity contribution in [3.8, 4) is 0 Å². The number of hydrogen-bond acceptors (Lipinski definition) is 2. The second kappa shape index (κ2) is 5.27. The maximum atomic E-state index is 11.5. The zero-order chi connectivity index (χ0) is 15.9. The van der Waals surface area contributed by atoms with Crippen molar-refractivity contribution in [2.24, 2.45) is 5.41 Å². The smallest absolute Gasteiger partial charge is 0.356 e. The molecule has 116 valence electrons. The Bertz CT molecular complexity index is 711. The minimum atomic E-state index is -0.920. The standard InChI is InChI=1S/C18H22N2O2/c1-12-4-6-13(7-5-12)11-20-15-8-9-18(2,3)10-14(15)16(19-20)17(21)22/h4-7H,8-11H2,1-3H3,(H,21,22). The molecule has 1 aliphatic rings. The Morgan fingerprint density at radius 1 is 1.32 bits per heavy atom. The molecule has 0 unspecified atom stereocenters. The van der Waals surface area contributed by atoms with Gasteiger partial charge in [0.15, 0.2) is 5.69 Å². The van der Waals surface area contributed by atoms with E-state index in [1.165, 1.54) is 5.56 Å². The summed E-state index contributed by atoms with van der Waals surface area (Å²) >= 11 is 0. The molecule has 0 atom stereocenters. The number of carbonyl (C=O) groups is 1. The molecule has 0 amide bonds. The van der Waals surface area contributed by atoms with E-state index in [4.69, 9.17) is 0 Å². The van der Waals surface area contributed by atoms with Crippen LogP contribution in [0.4, 0.5) is 0 Å². The van der Waals surface area contributed by atoms with Crippen molar-refractivity contribution in [1.82, 2.24) is 9.78 Å². The van der Waals surface area contributed by atoms with Crippen LogP contribution in [0.1, 0.15) is 53.1 Å². The molecule has 1 N–H and O–H groups in total. The van der Waals surface area contributed by atoms with Gasteiger partial charge in [-0.25, -0.2) is 4.79 Å². The van der Waals surface area contributed by atoms with Gasteiger partial charge in [0, 0.05) is 11.3 Å². The van der Waals surface area contributed by atoms with Crippen LogP contribution in [0.15, 0.2) is 24.3 Å².